The van der Waals surface area contributed by atoms with E-state index in [1.807, 2.05) is 0 Å². The second-order valence-corrected chi connectivity index (χ2v) is 19.9. The van der Waals surface area contributed by atoms with Crippen LogP contribution in [0, 0.1) is 0 Å². The number of hydrogen-bond acceptors (Lipinski definition) is 4. The van der Waals surface area contributed by atoms with Gasteiger partial charge in [0.15, 0.2) is 0 Å². The van der Waals surface area contributed by atoms with Crippen molar-refractivity contribution in [3.8, 4) is 22.7 Å². The molecule has 0 fully saturated rings. The maximum absolute atomic E-state index is 14.2. The van der Waals surface area contributed by atoms with E-state index in [-0.39, 0.29) is 24.3 Å². The van der Waals surface area contributed by atoms with E-state index in [4.69, 9.17) is 9.47 Å². The molecular formula is C70H46N4O4. The van der Waals surface area contributed by atoms with Gasteiger partial charge in [0.05, 0.1) is 55.3 Å². The van der Waals surface area contributed by atoms with Gasteiger partial charge in [0.2, 0.25) is 0 Å². The number of esters is 2. The molecule has 78 heavy (non-hydrogen) atoms. The molecule has 0 atom stereocenters. The highest BCUT2D eigenvalue weighted by atomic mass is 16.5. The van der Waals surface area contributed by atoms with Crippen molar-refractivity contribution in [2.24, 2.45) is 0 Å². The van der Waals surface area contributed by atoms with E-state index in [1.165, 1.54) is 0 Å². The minimum absolute atomic E-state index is 0.0147. The molecule has 0 unspecified atom stereocenters. The SMILES string of the molecule is O=C(OCc1cc(-n2c3ccccc3c3ccccc32)cc(-n2c3ccccc3c3ccccc32)c1)c1cccc(C(=O)OCc2cc(-n3c4ccccc4c4ccccc43)cc(-n3c4ccccc4c4ccccc43)c2)c1. The van der Waals surface area contributed by atoms with Crippen molar-refractivity contribution in [2.45, 2.75) is 13.2 Å². The topological polar surface area (TPSA) is 72.3 Å². The van der Waals surface area contributed by atoms with Gasteiger partial charge in [0, 0.05) is 65.8 Å². The average molecular weight is 1010 g/mol. The monoisotopic (exact) mass is 1010 g/mol. The third-order valence-electron chi connectivity index (χ3n) is 15.4. The summed E-state index contributed by atoms with van der Waals surface area (Å²) < 4.78 is 21.5. The maximum Gasteiger partial charge on any atom is 0.338 e. The standard InChI is InChI=1S/C70H46N4O4/c75-69(77-43-45-36-49(71-61-28-9-1-20-53(61)54-21-2-10-29-62(54)71)41-50(37-45)72-63-30-11-3-22-55(63)56-23-4-12-31-64(56)72)47-18-17-19-48(40-47)70(76)78-44-46-38-51(73-65-32-13-5-24-57(65)58-25-6-14-33-66(58)73)42-52(39-46)74-67-34-15-7-26-59(67)60-27-8-16-35-68(60)74/h1-42H,43-44H2. The second kappa shape index (κ2) is 18.1. The minimum Gasteiger partial charge on any atom is -0.457 e. The zero-order valence-corrected chi connectivity index (χ0v) is 42.1. The quantitative estimate of drug-likeness (QED) is 0.128. The normalized spacial score (nSPS) is 11.8. The molecule has 4 heterocycles. The molecule has 8 heteroatoms. The molecule has 0 saturated heterocycles. The number of hydrogen-bond donors (Lipinski definition) is 0. The fraction of sp³-hybridized carbons (Fsp3) is 0.0286. The summed E-state index contributed by atoms with van der Waals surface area (Å²) in [5.74, 6) is -1.11. The van der Waals surface area contributed by atoms with Gasteiger partial charge in [0.25, 0.3) is 0 Å². The molecule has 0 N–H and O–H groups in total. The number of benzene rings is 11. The van der Waals surface area contributed by atoms with Crippen molar-refractivity contribution in [1.82, 2.24) is 18.3 Å². The van der Waals surface area contributed by atoms with E-state index >= 15 is 0 Å². The molecule has 0 aliphatic carbocycles. The Morgan fingerprint density at radius 1 is 0.256 bits per heavy atom. The zero-order chi connectivity index (χ0) is 51.8. The van der Waals surface area contributed by atoms with Crippen LogP contribution in [0.25, 0.3) is 110 Å². The molecule has 0 saturated carbocycles. The Labute approximate surface area is 447 Å². The molecule has 0 spiro atoms. The number of ether oxygens (including phenoxy) is 2. The van der Waals surface area contributed by atoms with Gasteiger partial charge in [-0.25, -0.2) is 9.59 Å². The summed E-state index contributed by atoms with van der Waals surface area (Å²) in [6.07, 6.45) is 0. The smallest absolute Gasteiger partial charge is 0.338 e. The number of para-hydroxylation sites is 8. The Morgan fingerprint density at radius 2 is 0.474 bits per heavy atom. The van der Waals surface area contributed by atoms with Crippen molar-refractivity contribution in [2.75, 3.05) is 0 Å². The first-order chi connectivity index (χ1) is 38.5. The lowest BCUT2D eigenvalue weighted by Crippen LogP contribution is -2.10. The number of aromatic nitrogens is 4. The van der Waals surface area contributed by atoms with Gasteiger partial charge in [-0.2, -0.15) is 0 Å². The van der Waals surface area contributed by atoms with Crippen molar-refractivity contribution >= 4 is 99.2 Å². The molecule has 0 radical (unpaired) electrons. The Hall–Kier alpha value is -10.4. The molecule has 0 bridgehead atoms. The van der Waals surface area contributed by atoms with Crippen LogP contribution in [-0.4, -0.2) is 30.2 Å². The lowest BCUT2D eigenvalue weighted by atomic mass is 10.1. The summed E-state index contributed by atoms with van der Waals surface area (Å²) in [7, 11) is 0. The van der Waals surface area contributed by atoms with E-state index in [0.29, 0.717) is 0 Å². The van der Waals surface area contributed by atoms with Crippen LogP contribution in [0.15, 0.2) is 255 Å². The molecule has 370 valence electrons. The Bertz CT molecular complexity index is 4150. The molecule has 8 nitrogen and oxygen atoms in total. The molecular weight excluding hydrogens is 961 g/mol. The summed E-state index contributed by atoms with van der Waals surface area (Å²) >= 11 is 0. The van der Waals surface area contributed by atoms with Gasteiger partial charge < -0.3 is 27.7 Å². The number of carbonyl (C=O) groups excluding carboxylic acids is 2. The van der Waals surface area contributed by atoms with Gasteiger partial charge in [-0.05, 0) is 114 Å². The van der Waals surface area contributed by atoms with Crippen LogP contribution < -0.4 is 0 Å². The van der Waals surface area contributed by atoms with Crippen LogP contribution in [0.2, 0.25) is 0 Å². The number of fused-ring (bicyclic) bond motifs is 12. The van der Waals surface area contributed by atoms with Gasteiger partial charge in [0.1, 0.15) is 13.2 Å². The van der Waals surface area contributed by atoms with E-state index in [1.54, 1.807) is 24.3 Å². The van der Waals surface area contributed by atoms with Crippen molar-refractivity contribution in [3.05, 3.63) is 277 Å². The highest BCUT2D eigenvalue weighted by Crippen LogP contribution is 2.39. The maximum atomic E-state index is 14.2. The largest absolute Gasteiger partial charge is 0.457 e. The molecule has 0 aliphatic rings. The van der Waals surface area contributed by atoms with Gasteiger partial charge in [-0.3, -0.25) is 0 Å². The van der Waals surface area contributed by atoms with E-state index < -0.39 is 11.9 Å². The van der Waals surface area contributed by atoms with Crippen molar-refractivity contribution < 1.29 is 19.1 Å². The first kappa shape index (κ1) is 45.0. The summed E-state index contributed by atoms with van der Waals surface area (Å²) in [4.78, 5) is 28.4. The molecule has 11 aromatic carbocycles. The van der Waals surface area contributed by atoms with Crippen molar-refractivity contribution in [1.29, 1.82) is 0 Å². The molecule has 15 rings (SSSR count). The third-order valence-corrected chi connectivity index (χ3v) is 15.4. The second-order valence-electron chi connectivity index (χ2n) is 19.9. The van der Waals surface area contributed by atoms with Crippen LogP contribution >= 0.6 is 0 Å². The van der Waals surface area contributed by atoms with Gasteiger partial charge in [-0.1, -0.05) is 152 Å². The summed E-state index contributed by atoms with van der Waals surface area (Å²) in [6.45, 7) is -0.0293. The predicted molar refractivity (Wildman–Crippen MR) is 315 cm³/mol. The minimum atomic E-state index is -0.556. The number of rotatable bonds is 10. The average Bonchev–Trinajstić information content (AvgIpc) is 4.29. The first-order valence-corrected chi connectivity index (χ1v) is 26.2. The summed E-state index contributed by atoms with van der Waals surface area (Å²) in [5.41, 5.74) is 14.4. The van der Waals surface area contributed by atoms with Crippen LogP contribution in [0.4, 0.5) is 0 Å². The predicted octanol–water partition coefficient (Wildman–Crippen LogP) is 16.8. The van der Waals surface area contributed by atoms with Crippen LogP contribution in [0.5, 0.6) is 0 Å². The summed E-state index contributed by atoms with van der Waals surface area (Å²) in [5, 5.41) is 9.21. The van der Waals surface area contributed by atoms with Crippen LogP contribution in [-0.2, 0) is 22.7 Å². The van der Waals surface area contributed by atoms with Crippen LogP contribution in [0.1, 0.15) is 31.8 Å². The molecule has 4 aromatic heterocycles. The Morgan fingerprint density at radius 3 is 0.705 bits per heavy atom. The number of nitrogens with zero attached hydrogens (tertiary/aromatic N) is 4. The molecule has 0 amide bonds. The highest BCUT2D eigenvalue weighted by molar-refractivity contribution is 6.12. The fourth-order valence-corrected chi connectivity index (χ4v) is 12.0. The fourth-order valence-electron chi connectivity index (χ4n) is 12.0. The van der Waals surface area contributed by atoms with E-state index in [2.05, 4.69) is 249 Å². The highest BCUT2D eigenvalue weighted by Gasteiger charge is 2.21. The Balaban J connectivity index is 0.760. The van der Waals surface area contributed by atoms with Gasteiger partial charge >= 0.3 is 11.9 Å². The Kier molecular flexibility index (Phi) is 10.5. The molecule has 15 aromatic rings. The molecule has 0 aliphatic heterocycles. The lowest BCUT2D eigenvalue weighted by molar-refractivity contribution is 0.0470. The van der Waals surface area contributed by atoms with Crippen molar-refractivity contribution in [3.63, 3.8) is 0 Å². The van der Waals surface area contributed by atoms with Crippen LogP contribution in [0.3, 0.4) is 0 Å². The summed E-state index contributed by atoms with van der Waals surface area (Å²) in [6, 6.07) is 87.0. The zero-order valence-electron chi connectivity index (χ0n) is 42.1. The third kappa shape index (κ3) is 7.29. The number of carbonyl (C=O) groups is 2. The van der Waals surface area contributed by atoms with Gasteiger partial charge in [-0.15, -0.1) is 0 Å². The first-order valence-electron chi connectivity index (χ1n) is 26.2. The van der Waals surface area contributed by atoms with E-state index in [9.17, 15) is 9.59 Å². The lowest BCUT2D eigenvalue weighted by Gasteiger charge is -2.16. The van der Waals surface area contributed by atoms with E-state index in [0.717, 1.165) is 121 Å².